The number of carbonyl (C=O) groups excluding carboxylic acids is 1. The van der Waals surface area contributed by atoms with Crippen molar-refractivity contribution in [3.63, 3.8) is 0 Å². The van der Waals surface area contributed by atoms with Crippen LogP contribution >= 0.6 is 0 Å². The molecule has 2 rings (SSSR count). The number of halogens is 3. The number of ether oxygens (including phenoxy) is 1. The SMILES string of the molecule is CC(=O)Nc1ccc(Oc2ccc(C(F)(F)F)cc2)c(C)c1C. The van der Waals surface area contributed by atoms with Crippen LogP contribution in [0.5, 0.6) is 11.5 Å². The highest BCUT2D eigenvalue weighted by molar-refractivity contribution is 5.89. The normalized spacial score (nSPS) is 11.2. The zero-order valence-corrected chi connectivity index (χ0v) is 12.9. The van der Waals surface area contributed by atoms with Gasteiger partial charge in [-0.2, -0.15) is 13.2 Å². The van der Waals surface area contributed by atoms with Gasteiger partial charge in [0.1, 0.15) is 11.5 Å². The van der Waals surface area contributed by atoms with E-state index in [1.807, 2.05) is 13.8 Å². The van der Waals surface area contributed by atoms with Crippen LogP contribution < -0.4 is 10.1 Å². The Morgan fingerprint density at radius 3 is 2.13 bits per heavy atom. The maximum absolute atomic E-state index is 12.5. The summed E-state index contributed by atoms with van der Waals surface area (Å²) in [6.45, 7) is 5.07. The second-order valence-electron chi connectivity index (χ2n) is 5.17. The number of hydrogen-bond acceptors (Lipinski definition) is 2. The summed E-state index contributed by atoms with van der Waals surface area (Å²) in [6.07, 6.45) is -4.37. The fourth-order valence-electron chi connectivity index (χ4n) is 2.07. The van der Waals surface area contributed by atoms with Crippen LogP contribution in [0.3, 0.4) is 0 Å². The summed E-state index contributed by atoms with van der Waals surface area (Å²) in [5, 5.41) is 2.71. The van der Waals surface area contributed by atoms with Gasteiger partial charge in [-0.05, 0) is 61.4 Å². The lowest BCUT2D eigenvalue weighted by atomic mass is 10.1. The molecule has 0 aliphatic carbocycles. The topological polar surface area (TPSA) is 38.3 Å². The molecule has 0 aliphatic heterocycles. The Labute approximate surface area is 132 Å². The summed E-state index contributed by atoms with van der Waals surface area (Å²) < 4.78 is 43.2. The van der Waals surface area contributed by atoms with E-state index in [0.29, 0.717) is 17.2 Å². The average molecular weight is 323 g/mol. The fraction of sp³-hybridized carbons (Fsp3) is 0.235. The molecule has 0 radical (unpaired) electrons. The van der Waals surface area contributed by atoms with Crippen LogP contribution in [0.25, 0.3) is 0 Å². The standard InChI is InChI=1S/C17H16F3NO2/c1-10-11(2)16(9-8-15(10)21-12(3)22)23-14-6-4-13(5-7-14)17(18,19)20/h4-9H,1-3H3,(H,21,22). The van der Waals surface area contributed by atoms with E-state index < -0.39 is 11.7 Å². The number of alkyl halides is 3. The molecule has 1 amide bonds. The lowest BCUT2D eigenvalue weighted by Gasteiger charge is -2.15. The first-order chi connectivity index (χ1) is 10.7. The lowest BCUT2D eigenvalue weighted by Crippen LogP contribution is -2.08. The van der Waals surface area contributed by atoms with Crippen molar-refractivity contribution >= 4 is 11.6 Å². The molecule has 6 heteroatoms. The van der Waals surface area contributed by atoms with Crippen molar-refractivity contribution in [2.45, 2.75) is 26.9 Å². The van der Waals surface area contributed by atoms with E-state index >= 15 is 0 Å². The number of hydrogen-bond donors (Lipinski definition) is 1. The largest absolute Gasteiger partial charge is 0.457 e. The number of benzene rings is 2. The zero-order valence-electron chi connectivity index (χ0n) is 12.9. The monoisotopic (exact) mass is 323 g/mol. The van der Waals surface area contributed by atoms with Crippen LogP contribution in [0.2, 0.25) is 0 Å². The van der Waals surface area contributed by atoms with Crippen LogP contribution in [0.15, 0.2) is 36.4 Å². The van der Waals surface area contributed by atoms with E-state index in [4.69, 9.17) is 4.74 Å². The van der Waals surface area contributed by atoms with Gasteiger partial charge < -0.3 is 10.1 Å². The molecular formula is C17H16F3NO2. The van der Waals surface area contributed by atoms with Gasteiger partial charge in [-0.1, -0.05) is 0 Å². The summed E-state index contributed by atoms with van der Waals surface area (Å²) in [5.41, 5.74) is 1.59. The van der Waals surface area contributed by atoms with E-state index in [9.17, 15) is 18.0 Å². The molecule has 0 saturated carbocycles. The number of amides is 1. The molecule has 2 aromatic rings. The number of anilines is 1. The summed E-state index contributed by atoms with van der Waals surface area (Å²) in [5.74, 6) is 0.660. The molecule has 0 spiro atoms. The molecule has 0 heterocycles. The second-order valence-corrected chi connectivity index (χ2v) is 5.17. The fourth-order valence-corrected chi connectivity index (χ4v) is 2.07. The van der Waals surface area contributed by atoms with Crippen molar-refractivity contribution < 1.29 is 22.7 Å². The first-order valence-electron chi connectivity index (χ1n) is 6.91. The van der Waals surface area contributed by atoms with Crippen LogP contribution in [0, 0.1) is 13.8 Å². The molecule has 0 atom stereocenters. The molecular weight excluding hydrogens is 307 g/mol. The third-order valence-corrected chi connectivity index (χ3v) is 3.46. The van der Waals surface area contributed by atoms with Gasteiger partial charge in [0.05, 0.1) is 5.56 Å². The van der Waals surface area contributed by atoms with Crippen molar-refractivity contribution in [1.82, 2.24) is 0 Å². The molecule has 23 heavy (non-hydrogen) atoms. The van der Waals surface area contributed by atoms with Gasteiger partial charge in [-0.15, -0.1) is 0 Å². The van der Waals surface area contributed by atoms with E-state index in [-0.39, 0.29) is 5.91 Å². The molecule has 122 valence electrons. The number of rotatable bonds is 3. The molecule has 0 aromatic heterocycles. The Hall–Kier alpha value is -2.50. The highest BCUT2D eigenvalue weighted by Crippen LogP contribution is 2.33. The highest BCUT2D eigenvalue weighted by Gasteiger charge is 2.30. The van der Waals surface area contributed by atoms with Gasteiger partial charge in [-0.25, -0.2) is 0 Å². The Balaban J connectivity index is 2.23. The van der Waals surface area contributed by atoms with Gasteiger partial charge in [0.15, 0.2) is 0 Å². The maximum Gasteiger partial charge on any atom is 0.416 e. The summed E-state index contributed by atoms with van der Waals surface area (Å²) >= 11 is 0. The van der Waals surface area contributed by atoms with Crippen LogP contribution in [0.1, 0.15) is 23.6 Å². The van der Waals surface area contributed by atoms with Crippen LogP contribution in [-0.2, 0) is 11.0 Å². The van der Waals surface area contributed by atoms with E-state index in [2.05, 4.69) is 5.32 Å². The van der Waals surface area contributed by atoms with Crippen molar-refractivity contribution in [3.05, 3.63) is 53.1 Å². The third kappa shape index (κ3) is 4.03. The second kappa shape index (κ2) is 6.32. The van der Waals surface area contributed by atoms with Gasteiger partial charge in [0.2, 0.25) is 5.91 Å². The molecule has 0 aliphatic rings. The Bertz CT molecular complexity index is 722. The number of carbonyl (C=O) groups is 1. The summed E-state index contributed by atoms with van der Waals surface area (Å²) in [6, 6.07) is 7.87. The average Bonchev–Trinajstić information content (AvgIpc) is 2.46. The maximum atomic E-state index is 12.5. The first-order valence-corrected chi connectivity index (χ1v) is 6.91. The predicted octanol–water partition coefficient (Wildman–Crippen LogP) is 5.07. The molecule has 1 N–H and O–H groups in total. The van der Waals surface area contributed by atoms with Crippen molar-refractivity contribution in [2.24, 2.45) is 0 Å². The van der Waals surface area contributed by atoms with Gasteiger partial charge in [-0.3, -0.25) is 4.79 Å². The minimum Gasteiger partial charge on any atom is -0.457 e. The van der Waals surface area contributed by atoms with Crippen LogP contribution in [-0.4, -0.2) is 5.91 Å². The Morgan fingerprint density at radius 2 is 1.61 bits per heavy atom. The summed E-state index contributed by atoms with van der Waals surface area (Å²) in [7, 11) is 0. The molecule has 2 aromatic carbocycles. The predicted molar refractivity (Wildman–Crippen MR) is 81.7 cm³/mol. The van der Waals surface area contributed by atoms with Crippen molar-refractivity contribution in [1.29, 1.82) is 0 Å². The van der Waals surface area contributed by atoms with Crippen LogP contribution in [0.4, 0.5) is 18.9 Å². The minimum absolute atomic E-state index is 0.177. The molecule has 3 nitrogen and oxygen atoms in total. The molecule has 0 fully saturated rings. The molecule has 0 unspecified atom stereocenters. The van der Waals surface area contributed by atoms with E-state index in [1.165, 1.54) is 19.1 Å². The van der Waals surface area contributed by atoms with E-state index in [0.717, 1.165) is 23.3 Å². The van der Waals surface area contributed by atoms with Gasteiger partial charge in [0.25, 0.3) is 0 Å². The first kappa shape index (κ1) is 16.9. The third-order valence-electron chi connectivity index (χ3n) is 3.46. The molecule has 0 bridgehead atoms. The quantitative estimate of drug-likeness (QED) is 0.856. The molecule has 0 saturated heterocycles. The number of nitrogens with one attached hydrogen (secondary N) is 1. The minimum atomic E-state index is -4.37. The zero-order chi connectivity index (χ0) is 17.2. The van der Waals surface area contributed by atoms with E-state index in [1.54, 1.807) is 12.1 Å². The van der Waals surface area contributed by atoms with Crippen molar-refractivity contribution in [3.8, 4) is 11.5 Å². The lowest BCUT2D eigenvalue weighted by molar-refractivity contribution is -0.137. The Kier molecular flexibility index (Phi) is 4.63. The smallest absolute Gasteiger partial charge is 0.416 e. The summed E-state index contributed by atoms with van der Waals surface area (Å²) in [4.78, 5) is 11.1. The van der Waals surface area contributed by atoms with Gasteiger partial charge in [0, 0.05) is 12.6 Å². The van der Waals surface area contributed by atoms with Crippen molar-refractivity contribution in [2.75, 3.05) is 5.32 Å². The Morgan fingerprint density at radius 1 is 1.00 bits per heavy atom. The highest BCUT2D eigenvalue weighted by atomic mass is 19.4. The van der Waals surface area contributed by atoms with Gasteiger partial charge >= 0.3 is 6.18 Å².